The number of halogens is 2. The summed E-state index contributed by atoms with van der Waals surface area (Å²) in [5.41, 5.74) is 2.08. The molecular formula is C19H21Cl2NO2. The smallest absolute Gasteiger partial charge is 0.124 e. The Morgan fingerprint density at radius 3 is 2.79 bits per heavy atom. The fraction of sp³-hybridized carbons (Fsp3) is 0.368. The van der Waals surface area contributed by atoms with Crippen molar-refractivity contribution in [2.45, 2.75) is 32.1 Å². The van der Waals surface area contributed by atoms with Crippen LogP contribution in [-0.2, 0) is 17.9 Å². The van der Waals surface area contributed by atoms with Crippen LogP contribution in [0.2, 0.25) is 10.0 Å². The molecule has 1 unspecified atom stereocenters. The van der Waals surface area contributed by atoms with Gasteiger partial charge in [-0.2, -0.15) is 0 Å². The zero-order valence-corrected chi connectivity index (χ0v) is 14.9. The average molecular weight is 366 g/mol. The van der Waals surface area contributed by atoms with Crippen molar-refractivity contribution in [3.05, 3.63) is 63.6 Å². The van der Waals surface area contributed by atoms with Crippen LogP contribution in [0.3, 0.4) is 0 Å². The van der Waals surface area contributed by atoms with Crippen molar-refractivity contribution >= 4 is 23.2 Å². The van der Waals surface area contributed by atoms with Crippen LogP contribution in [0.15, 0.2) is 42.5 Å². The Hall–Kier alpha value is -1.26. The fourth-order valence-corrected chi connectivity index (χ4v) is 3.20. The van der Waals surface area contributed by atoms with E-state index in [1.54, 1.807) is 0 Å². The van der Waals surface area contributed by atoms with Crippen molar-refractivity contribution in [3.63, 3.8) is 0 Å². The number of hydrogen-bond donors (Lipinski definition) is 1. The number of nitrogens with one attached hydrogen (secondary N) is 1. The van der Waals surface area contributed by atoms with Crippen molar-refractivity contribution in [1.29, 1.82) is 0 Å². The first-order valence-electron chi connectivity index (χ1n) is 8.19. The lowest BCUT2D eigenvalue weighted by molar-refractivity contribution is 0.110. The molecule has 2 aromatic rings. The summed E-state index contributed by atoms with van der Waals surface area (Å²) in [5, 5.41) is 4.85. The minimum Gasteiger partial charge on any atom is -0.489 e. The van der Waals surface area contributed by atoms with Crippen molar-refractivity contribution in [2.24, 2.45) is 0 Å². The first-order chi connectivity index (χ1) is 11.7. The van der Waals surface area contributed by atoms with E-state index in [0.29, 0.717) is 29.3 Å². The largest absolute Gasteiger partial charge is 0.489 e. The third-order valence-corrected chi connectivity index (χ3v) is 4.49. The molecule has 0 aromatic heterocycles. The number of benzene rings is 2. The molecule has 24 heavy (non-hydrogen) atoms. The van der Waals surface area contributed by atoms with Gasteiger partial charge in [0.15, 0.2) is 0 Å². The molecule has 5 heteroatoms. The van der Waals surface area contributed by atoms with Gasteiger partial charge in [0.2, 0.25) is 0 Å². The van der Waals surface area contributed by atoms with E-state index in [2.05, 4.69) is 5.32 Å². The van der Waals surface area contributed by atoms with E-state index in [-0.39, 0.29) is 0 Å². The number of rotatable bonds is 7. The zero-order chi connectivity index (χ0) is 16.8. The molecule has 1 aliphatic heterocycles. The van der Waals surface area contributed by atoms with Crippen LogP contribution in [0, 0.1) is 0 Å². The fourth-order valence-electron chi connectivity index (χ4n) is 2.79. The van der Waals surface area contributed by atoms with Gasteiger partial charge < -0.3 is 14.8 Å². The van der Waals surface area contributed by atoms with Crippen molar-refractivity contribution in [3.8, 4) is 5.75 Å². The molecule has 2 aromatic carbocycles. The third kappa shape index (κ3) is 5.12. The minimum absolute atomic E-state index is 0.319. The van der Waals surface area contributed by atoms with Gasteiger partial charge in [-0.3, -0.25) is 0 Å². The minimum atomic E-state index is 0.319. The molecule has 0 bridgehead atoms. The SMILES string of the molecule is Clc1cccc(COc2ccc(Cl)cc2CNCC2CCCO2)c1. The lowest BCUT2D eigenvalue weighted by Crippen LogP contribution is -2.26. The monoisotopic (exact) mass is 365 g/mol. The predicted octanol–water partition coefficient (Wildman–Crippen LogP) is 4.84. The zero-order valence-electron chi connectivity index (χ0n) is 13.4. The summed E-state index contributed by atoms with van der Waals surface area (Å²) in [6.45, 7) is 2.89. The molecule has 0 radical (unpaired) electrons. The summed E-state index contributed by atoms with van der Waals surface area (Å²) in [7, 11) is 0. The molecule has 128 valence electrons. The highest BCUT2D eigenvalue weighted by atomic mass is 35.5. The van der Waals surface area contributed by atoms with Gasteiger partial charge in [-0.1, -0.05) is 35.3 Å². The summed E-state index contributed by atoms with van der Waals surface area (Å²) in [6.07, 6.45) is 2.60. The van der Waals surface area contributed by atoms with Gasteiger partial charge >= 0.3 is 0 Å². The van der Waals surface area contributed by atoms with Gasteiger partial charge in [0.1, 0.15) is 12.4 Å². The Balaban J connectivity index is 1.59. The van der Waals surface area contributed by atoms with Crippen molar-refractivity contribution in [2.75, 3.05) is 13.2 Å². The Morgan fingerprint density at radius 1 is 1.12 bits per heavy atom. The van der Waals surface area contributed by atoms with Gasteiger partial charge in [-0.25, -0.2) is 0 Å². The molecule has 0 spiro atoms. The second-order valence-corrected chi connectivity index (χ2v) is 6.81. The van der Waals surface area contributed by atoms with Gasteiger partial charge in [-0.05, 0) is 48.7 Å². The average Bonchev–Trinajstić information content (AvgIpc) is 3.07. The molecule has 0 amide bonds. The Labute approximate surface area is 152 Å². The van der Waals surface area contributed by atoms with E-state index in [1.165, 1.54) is 0 Å². The predicted molar refractivity (Wildman–Crippen MR) is 97.9 cm³/mol. The van der Waals surface area contributed by atoms with Crippen LogP contribution in [-0.4, -0.2) is 19.3 Å². The van der Waals surface area contributed by atoms with Crippen LogP contribution < -0.4 is 10.1 Å². The second kappa shape index (κ2) is 8.72. The highest BCUT2D eigenvalue weighted by Crippen LogP contribution is 2.24. The highest BCUT2D eigenvalue weighted by Gasteiger charge is 2.15. The highest BCUT2D eigenvalue weighted by molar-refractivity contribution is 6.30. The molecule has 1 aliphatic rings. The summed E-state index contributed by atoms with van der Waals surface area (Å²) < 4.78 is 11.6. The van der Waals surface area contributed by atoms with E-state index < -0.39 is 0 Å². The van der Waals surface area contributed by atoms with Gasteiger partial charge in [0.25, 0.3) is 0 Å². The Kier molecular flexibility index (Phi) is 6.38. The standard InChI is InChI=1S/C19H21Cl2NO2/c20-16-4-1-3-14(9-16)13-24-19-7-6-17(21)10-15(19)11-22-12-18-5-2-8-23-18/h1,3-4,6-7,9-10,18,22H,2,5,8,11-13H2. The molecule has 1 saturated heterocycles. The van der Waals surface area contributed by atoms with Crippen LogP contribution in [0.25, 0.3) is 0 Å². The molecule has 0 saturated carbocycles. The van der Waals surface area contributed by atoms with E-state index in [0.717, 1.165) is 42.9 Å². The molecule has 1 fully saturated rings. The number of ether oxygens (including phenoxy) is 2. The van der Waals surface area contributed by atoms with E-state index in [9.17, 15) is 0 Å². The maximum Gasteiger partial charge on any atom is 0.124 e. The summed E-state index contributed by atoms with van der Waals surface area (Å²) in [5.74, 6) is 0.833. The molecule has 1 atom stereocenters. The quantitative estimate of drug-likeness (QED) is 0.761. The van der Waals surface area contributed by atoms with Crippen LogP contribution in [0.1, 0.15) is 24.0 Å². The summed E-state index contributed by atoms with van der Waals surface area (Å²) in [4.78, 5) is 0. The normalized spacial score (nSPS) is 17.2. The third-order valence-electron chi connectivity index (χ3n) is 4.02. The summed E-state index contributed by atoms with van der Waals surface area (Å²) >= 11 is 12.1. The maximum absolute atomic E-state index is 6.14. The first-order valence-corrected chi connectivity index (χ1v) is 8.94. The van der Waals surface area contributed by atoms with Gasteiger partial charge in [-0.15, -0.1) is 0 Å². The molecular weight excluding hydrogens is 345 g/mol. The van der Waals surface area contributed by atoms with Crippen molar-refractivity contribution < 1.29 is 9.47 Å². The van der Waals surface area contributed by atoms with Gasteiger partial charge in [0, 0.05) is 35.3 Å². The van der Waals surface area contributed by atoms with E-state index in [1.807, 2.05) is 42.5 Å². The molecule has 1 N–H and O–H groups in total. The first kappa shape index (κ1) is 17.6. The molecule has 0 aliphatic carbocycles. The maximum atomic E-state index is 6.14. The van der Waals surface area contributed by atoms with Gasteiger partial charge in [0.05, 0.1) is 6.10 Å². The summed E-state index contributed by atoms with van der Waals surface area (Å²) in [6, 6.07) is 13.4. The topological polar surface area (TPSA) is 30.5 Å². The Bertz CT molecular complexity index is 672. The molecule has 3 nitrogen and oxygen atoms in total. The molecule has 1 heterocycles. The van der Waals surface area contributed by atoms with E-state index in [4.69, 9.17) is 32.7 Å². The molecule has 3 rings (SSSR count). The number of hydrogen-bond acceptors (Lipinski definition) is 3. The van der Waals surface area contributed by atoms with Crippen LogP contribution >= 0.6 is 23.2 Å². The Morgan fingerprint density at radius 2 is 2.00 bits per heavy atom. The lowest BCUT2D eigenvalue weighted by atomic mass is 10.2. The van der Waals surface area contributed by atoms with Crippen molar-refractivity contribution in [1.82, 2.24) is 5.32 Å². The van der Waals surface area contributed by atoms with E-state index >= 15 is 0 Å². The second-order valence-electron chi connectivity index (χ2n) is 5.94. The van der Waals surface area contributed by atoms with Crippen LogP contribution in [0.4, 0.5) is 0 Å². The lowest BCUT2D eigenvalue weighted by Gasteiger charge is -2.15. The van der Waals surface area contributed by atoms with Crippen LogP contribution in [0.5, 0.6) is 5.75 Å².